The predicted molar refractivity (Wildman–Crippen MR) is 118 cm³/mol. The van der Waals surface area contributed by atoms with Crippen LogP contribution in [0, 0.1) is 5.82 Å². The zero-order chi connectivity index (χ0) is 22.4. The normalized spacial score (nSPS) is 18.6. The van der Waals surface area contributed by atoms with E-state index in [2.05, 4.69) is 10.6 Å². The highest BCUT2D eigenvalue weighted by atomic mass is 19.1. The van der Waals surface area contributed by atoms with E-state index in [0.717, 1.165) is 30.5 Å². The number of fused-ring (bicyclic) bond motifs is 1. The van der Waals surface area contributed by atoms with Crippen molar-refractivity contribution in [3.8, 4) is 11.5 Å². The molecule has 0 saturated heterocycles. The molecule has 3 rings (SSSR count). The second-order valence-corrected chi connectivity index (χ2v) is 8.04. The largest absolute Gasteiger partial charge is 0.493 e. The van der Waals surface area contributed by atoms with Crippen molar-refractivity contribution in [2.45, 2.75) is 45.3 Å². The molecule has 0 bridgehead atoms. The lowest BCUT2D eigenvalue weighted by molar-refractivity contribution is -0.948. The van der Waals surface area contributed by atoms with E-state index in [0.29, 0.717) is 24.6 Å². The Morgan fingerprint density at radius 2 is 1.97 bits per heavy atom. The first-order valence-corrected chi connectivity index (χ1v) is 10.8. The summed E-state index contributed by atoms with van der Waals surface area (Å²) < 4.78 is 24.8. The fourth-order valence-electron chi connectivity index (χ4n) is 4.42. The van der Waals surface area contributed by atoms with Crippen LogP contribution in [0.2, 0.25) is 0 Å². The maximum Gasteiger partial charge on any atom is 0.315 e. The molecule has 6 nitrogen and oxygen atoms in total. The number of methoxy groups -OCH3 is 2. The SMILES string of the molecule is CCCNC(=O)N[C@@H](C)[C@H]1c2cc(OC)c(OC)cc2CC[NH+]1Cc1cccc(F)c1. The number of hydrogen-bond donors (Lipinski definition) is 3. The van der Waals surface area contributed by atoms with Crippen LogP contribution < -0.4 is 25.0 Å². The van der Waals surface area contributed by atoms with Gasteiger partial charge in [0.05, 0.1) is 26.8 Å². The molecule has 2 aromatic carbocycles. The second-order valence-electron chi connectivity index (χ2n) is 8.04. The molecule has 31 heavy (non-hydrogen) atoms. The first-order chi connectivity index (χ1) is 15.0. The van der Waals surface area contributed by atoms with Gasteiger partial charge >= 0.3 is 6.03 Å². The van der Waals surface area contributed by atoms with Crippen LogP contribution in [0.3, 0.4) is 0 Å². The Morgan fingerprint density at radius 1 is 1.23 bits per heavy atom. The van der Waals surface area contributed by atoms with Crippen molar-refractivity contribution in [3.63, 3.8) is 0 Å². The van der Waals surface area contributed by atoms with Gasteiger partial charge in [-0.25, -0.2) is 9.18 Å². The van der Waals surface area contributed by atoms with Crippen LogP contribution in [0.1, 0.15) is 43.0 Å². The van der Waals surface area contributed by atoms with E-state index in [1.165, 1.54) is 16.5 Å². The fourth-order valence-corrected chi connectivity index (χ4v) is 4.42. The highest BCUT2D eigenvalue weighted by molar-refractivity contribution is 5.74. The summed E-state index contributed by atoms with van der Waals surface area (Å²) in [6.07, 6.45) is 1.74. The number of carbonyl (C=O) groups excluding carboxylic acids is 1. The molecule has 0 fully saturated rings. The lowest BCUT2D eigenvalue weighted by Crippen LogP contribution is -3.13. The van der Waals surface area contributed by atoms with E-state index < -0.39 is 0 Å². The zero-order valence-corrected chi connectivity index (χ0v) is 18.8. The number of carbonyl (C=O) groups is 1. The van der Waals surface area contributed by atoms with Crippen molar-refractivity contribution in [1.82, 2.24) is 10.6 Å². The summed E-state index contributed by atoms with van der Waals surface area (Å²) >= 11 is 0. The molecule has 0 saturated carbocycles. The molecule has 1 aliphatic rings. The molecular weight excluding hydrogens is 397 g/mol. The van der Waals surface area contributed by atoms with Gasteiger partial charge in [0.15, 0.2) is 11.5 Å². The van der Waals surface area contributed by atoms with Crippen LogP contribution >= 0.6 is 0 Å². The van der Waals surface area contributed by atoms with E-state index in [1.807, 2.05) is 32.0 Å². The maximum atomic E-state index is 13.8. The number of rotatable bonds is 8. The molecule has 7 heteroatoms. The topological polar surface area (TPSA) is 64.0 Å². The lowest BCUT2D eigenvalue weighted by atomic mass is 9.87. The molecule has 2 amide bonds. The molecule has 0 spiro atoms. The number of nitrogens with one attached hydrogen (secondary N) is 3. The Balaban J connectivity index is 1.94. The van der Waals surface area contributed by atoms with Gasteiger partial charge in [0.1, 0.15) is 18.4 Å². The van der Waals surface area contributed by atoms with Crippen LogP contribution in [-0.2, 0) is 13.0 Å². The van der Waals surface area contributed by atoms with Crippen molar-refractivity contribution in [1.29, 1.82) is 0 Å². The summed E-state index contributed by atoms with van der Waals surface area (Å²) in [6.45, 7) is 6.20. The first-order valence-electron chi connectivity index (χ1n) is 10.8. The van der Waals surface area contributed by atoms with Crippen molar-refractivity contribution in [2.24, 2.45) is 0 Å². The van der Waals surface area contributed by atoms with Gasteiger partial charge in [-0.05, 0) is 43.2 Å². The van der Waals surface area contributed by atoms with E-state index in [4.69, 9.17) is 9.47 Å². The minimum Gasteiger partial charge on any atom is -0.493 e. The van der Waals surface area contributed by atoms with E-state index >= 15 is 0 Å². The molecule has 2 aromatic rings. The summed E-state index contributed by atoms with van der Waals surface area (Å²) in [6, 6.07) is 10.5. The van der Waals surface area contributed by atoms with Crippen LogP contribution in [0.5, 0.6) is 11.5 Å². The highest BCUT2D eigenvalue weighted by Crippen LogP contribution is 2.35. The minimum absolute atomic E-state index is 0.0146. The number of urea groups is 1. The van der Waals surface area contributed by atoms with E-state index in [9.17, 15) is 9.18 Å². The average molecular weight is 431 g/mol. The molecule has 0 aliphatic carbocycles. The number of halogens is 1. The van der Waals surface area contributed by atoms with E-state index in [1.54, 1.807) is 26.4 Å². The predicted octanol–water partition coefficient (Wildman–Crippen LogP) is 2.62. The highest BCUT2D eigenvalue weighted by Gasteiger charge is 2.37. The van der Waals surface area contributed by atoms with E-state index in [-0.39, 0.29) is 23.9 Å². The van der Waals surface area contributed by atoms with Crippen LogP contribution in [0.25, 0.3) is 0 Å². The van der Waals surface area contributed by atoms with Gasteiger partial charge < -0.3 is 25.0 Å². The molecule has 0 radical (unpaired) electrons. The number of quaternary nitrogens is 1. The maximum absolute atomic E-state index is 13.8. The Bertz CT molecular complexity index is 906. The molecule has 3 atom stereocenters. The van der Waals surface area contributed by atoms with Crippen molar-refractivity contribution in [2.75, 3.05) is 27.3 Å². The van der Waals surface area contributed by atoms with Gasteiger partial charge in [0.2, 0.25) is 0 Å². The third-order valence-electron chi connectivity index (χ3n) is 5.85. The van der Waals surface area contributed by atoms with Gasteiger partial charge in [-0.15, -0.1) is 0 Å². The van der Waals surface area contributed by atoms with Crippen molar-refractivity contribution < 1.29 is 23.6 Å². The van der Waals surface area contributed by atoms with Crippen molar-refractivity contribution in [3.05, 3.63) is 58.9 Å². The molecule has 1 heterocycles. The third kappa shape index (κ3) is 5.47. The summed E-state index contributed by atoms with van der Waals surface area (Å²) in [5.74, 6) is 1.14. The van der Waals surface area contributed by atoms with Crippen LogP contribution in [-0.4, -0.2) is 39.4 Å². The standard InChI is InChI=1S/C24H32FN3O3/c1-5-10-26-24(29)27-16(2)23-20-14-22(31-4)21(30-3)13-18(20)9-11-28(23)15-17-7-6-8-19(25)12-17/h6-8,12-14,16,23H,5,9-11,15H2,1-4H3,(H2,26,27,29)/p+1/t16-,23-/m0/s1. The minimum atomic E-state index is -0.234. The number of ether oxygens (including phenoxy) is 2. The number of hydrogen-bond acceptors (Lipinski definition) is 3. The van der Waals surface area contributed by atoms with Gasteiger partial charge in [0, 0.05) is 24.1 Å². The fraction of sp³-hybridized carbons (Fsp3) is 0.458. The summed E-state index contributed by atoms with van der Waals surface area (Å²) in [5, 5.41) is 5.99. The van der Waals surface area contributed by atoms with Gasteiger partial charge in [0.25, 0.3) is 0 Å². The average Bonchev–Trinajstić information content (AvgIpc) is 2.76. The quantitative estimate of drug-likeness (QED) is 0.603. The van der Waals surface area contributed by atoms with Crippen molar-refractivity contribution >= 4 is 6.03 Å². The molecule has 1 aliphatic heterocycles. The smallest absolute Gasteiger partial charge is 0.315 e. The molecule has 0 aromatic heterocycles. The third-order valence-corrected chi connectivity index (χ3v) is 5.85. The molecule has 3 N–H and O–H groups in total. The monoisotopic (exact) mass is 430 g/mol. The summed E-state index contributed by atoms with van der Waals surface area (Å²) in [4.78, 5) is 13.6. The number of amides is 2. The Hall–Kier alpha value is -2.80. The number of benzene rings is 2. The zero-order valence-electron chi connectivity index (χ0n) is 18.8. The lowest BCUT2D eigenvalue weighted by Gasteiger charge is -2.38. The molecule has 1 unspecified atom stereocenters. The Morgan fingerprint density at radius 3 is 2.65 bits per heavy atom. The van der Waals surface area contributed by atoms with Gasteiger partial charge in [-0.3, -0.25) is 0 Å². The van der Waals surface area contributed by atoms with Crippen LogP contribution in [0.4, 0.5) is 9.18 Å². The molecular formula is C24H33FN3O3+. The van der Waals surface area contributed by atoms with Crippen LogP contribution in [0.15, 0.2) is 36.4 Å². The second kappa shape index (κ2) is 10.5. The first kappa shape index (κ1) is 22.9. The Labute approximate surface area is 183 Å². The van der Waals surface area contributed by atoms with Gasteiger partial charge in [-0.1, -0.05) is 19.1 Å². The summed E-state index contributed by atoms with van der Waals surface area (Å²) in [7, 11) is 3.26. The summed E-state index contributed by atoms with van der Waals surface area (Å²) in [5.41, 5.74) is 3.25. The Kier molecular flexibility index (Phi) is 7.74. The molecule has 168 valence electrons. The van der Waals surface area contributed by atoms with Gasteiger partial charge in [-0.2, -0.15) is 0 Å².